The maximum atomic E-state index is 11.3. The molecule has 0 fully saturated rings. The van der Waals surface area contributed by atoms with Crippen LogP contribution in [0.1, 0.15) is 20.8 Å². The first-order valence-corrected chi connectivity index (χ1v) is 5.89. The number of carbonyl (C=O) groups is 2. The van der Waals surface area contributed by atoms with Crippen LogP contribution in [0.2, 0.25) is 0 Å². The third-order valence-electron chi connectivity index (χ3n) is 1.89. The van der Waals surface area contributed by atoms with E-state index in [1.165, 1.54) is 6.92 Å². The zero-order valence-electron chi connectivity index (χ0n) is 8.12. The van der Waals surface area contributed by atoms with Gasteiger partial charge >= 0.3 is 5.97 Å². The van der Waals surface area contributed by atoms with E-state index in [0.717, 1.165) is 11.5 Å². The predicted octanol–water partition coefficient (Wildman–Crippen LogP) is 0.982. The smallest absolute Gasteiger partial charge is 0.347 e. The number of ether oxygens (including phenoxy) is 1. The maximum absolute atomic E-state index is 11.3. The SMILES string of the molecule is CCS1=C(C(C)=O)C(=O)O[C@H](C)C1. The molecule has 0 saturated heterocycles. The van der Waals surface area contributed by atoms with Crippen molar-refractivity contribution < 1.29 is 14.3 Å². The Kier molecular flexibility index (Phi) is 3.25. The molecule has 0 spiro atoms. The van der Waals surface area contributed by atoms with Crippen molar-refractivity contribution in [1.82, 2.24) is 0 Å². The summed E-state index contributed by atoms with van der Waals surface area (Å²) in [5, 5.41) is 0. The van der Waals surface area contributed by atoms with Crippen molar-refractivity contribution in [2.45, 2.75) is 26.9 Å². The average molecular weight is 202 g/mol. The first-order chi connectivity index (χ1) is 6.06. The second-order valence-corrected chi connectivity index (χ2v) is 5.35. The van der Waals surface area contributed by atoms with E-state index in [0.29, 0.717) is 4.86 Å². The van der Waals surface area contributed by atoms with Crippen LogP contribution in [0.5, 0.6) is 0 Å². The molecule has 1 rings (SSSR count). The van der Waals surface area contributed by atoms with Crippen LogP contribution in [-0.2, 0) is 14.3 Å². The van der Waals surface area contributed by atoms with Crippen LogP contribution in [0.4, 0.5) is 0 Å². The first kappa shape index (κ1) is 10.4. The largest absolute Gasteiger partial charge is 0.458 e. The molecule has 0 aromatic rings. The van der Waals surface area contributed by atoms with Crippen LogP contribution < -0.4 is 0 Å². The fraction of sp³-hybridized carbons (Fsp3) is 0.667. The van der Waals surface area contributed by atoms with Crippen LogP contribution in [0, 0.1) is 0 Å². The lowest BCUT2D eigenvalue weighted by molar-refractivity contribution is -0.139. The molecular weight excluding hydrogens is 188 g/mol. The second-order valence-electron chi connectivity index (χ2n) is 3.05. The quantitative estimate of drug-likeness (QED) is 0.495. The summed E-state index contributed by atoms with van der Waals surface area (Å²) in [5.41, 5.74) is 0. The molecule has 74 valence electrons. The fourth-order valence-corrected chi connectivity index (χ4v) is 3.38. The second kappa shape index (κ2) is 4.05. The molecule has 0 amide bonds. The highest BCUT2D eigenvalue weighted by molar-refractivity contribution is 8.18. The summed E-state index contributed by atoms with van der Waals surface area (Å²) in [6.07, 6.45) is -0.0427. The summed E-state index contributed by atoms with van der Waals surface area (Å²) in [6, 6.07) is 0. The van der Waals surface area contributed by atoms with Crippen LogP contribution in [-0.4, -0.2) is 34.2 Å². The van der Waals surface area contributed by atoms with Gasteiger partial charge in [0, 0.05) is 5.75 Å². The lowest BCUT2D eigenvalue weighted by Crippen LogP contribution is -2.34. The van der Waals surface area contributed by atoms with E-state index < -0.39 is 5.97 Å². The van der Waals surface area contributed by atoms with Crippen molar-refractivity contribution in [3.05, 3.63) is 0 Å². The molecule has 0 N–H and O–H groups in total. The molecule has 1 unspecified atom stereocenters. The van der Waals surface area contributed by atoms with Crippen molar-refractivity contribution in [1.29, 1.82) is 0 Å². The van der Waals surface area contributed by atoms with Gasteiger partial charge in [0.1, 0.15) is 11.0 Å². The van der Waals surface area contributed by atoms with E-state index in [4.69, 9.17) is 4.74 Å². The number of cyclic esters (lactones) is 1. The first-order valence-electron chi connectivity index (χ1n) is 4.32. The van der Waals surface area contributed by atoms with Gasteiger partial charge in [0.25, 0.3) is 0 Å². The zero-order valence-corrected chi connectivity index (χ0v) is 8.94. The number of esters is 1. The molecule has 0 bridgehead atoms. The van der Waals surface area contributed by atoms with Gasteiger partial charge in [0.05, 0.1) is 0 Å². The highest BCUT2D eigenvalue weighted by atomic mass is 32.2. The van der Waals surface area contributed by atoms with E-state index >= 15 is 0 Å². The monoisotopic (exact) mass is 202 g/mol. The molecule has 0 aromatic heterocycles. The van der Waals surface area contributed by atoms with Crippen molar-refractivity contribution in [2.24, 2.45) is 0 Å². The van der Waals surface area contributed by atoms with Crippen LogP contribution in [0.15, 0.2) is 0 Å². The number of ketones is 1. The number of Topliss-reactive ketones (excluding diaryl/α,β-unsaturated/α-hetero) is 1. The van der Waals surface area contributed by atoms with Gasteiger partial charge in [-0.1, -0.05) is 6.92 Å². The Morgan fingerprint density at radius 2 is 2.31 bits per heavy atom. The van der Waals surface area contributed by atoms with Gasteiger partial charge in [-0.3, -0.25) is 4.79 Å². The molecule has 0 radical (unpaired) electrons. The summed E-state index contributed by atoms with van der Waals surface area (Å²) < 4.78 is 5.00. The van der Waals surface area contributed by atoms with Gasteiger partial charge in [-0.25, -0.2) is 4.79 Å². The molecule has 1 heterocycles. The lowest BCUT2D eigenvalue weighted by Gasteiger charge is -2.23. The van der Waals surface area contributed by atoms with E-state index in [1.54, 1.807) is 0 Å². The Hall–Kier alpha value is -0.640. The topological polar surface area (TPSA) is 43.4 Å². The van der Waals surface area contributed by atoms with Gasteiger partial charge in [0.2, 0.25) is 0 Å². The Morgan fingerprint density at radius 1 is 1.69 bits per heavy atom. The minimum Gasteiger partial charge on any atom is -0.458 e. The minimum atomic E-state index is -0.406. The lowest BCUT2D eigenvalue weighted by atomic mass is 10.3. The average Bonchev–Trinajstić information content (AvgIpc) is 2.01. The third kappa shape index (κ3) is 2.18. The summed E-state index contributed by atoms with van der Waals surface area (Å²) >= 11 is 0. The van der Waals surface area contributed by atoms with Crippen LogP contribution in [0.25, 0.3) is 0 Å². The zero-order chi connectivity index (χ0) is 10.0. The van der Waals surface area contributed by atoms with E-state index in [-0.39, 0.29) is 22.4 Å². The van der Waals surface area contributed by atoms with Gasteiger partial charge in [-0.15, -0.1) is 0 Å². The van der Waals surface area contributed by atoms with Crippen LogP contribution in [0.3, 0.4) is 0 Å². The molecule has 1 aliphatic heterocycles. The van der Waals surface area contributed by atoms with Crippen LogP contribution >= 0.6 is 10.5 Å². The van der Waals surface area contributed by atoms with Gasteiger partial charge in [-0.05, 0) is 19.6 Å². The number of hydrogen-bond acceptors (Lipinski definition) is 3. The number of rotatable bonds is 2. The molecule has 2 atom stereocenters. The molecule has 3 nitrogen and oxygen atoms in total. The number of hydrogen-bond donors (Lipinski definition) is 0. The fourth-order valence-electron chi connectivity index (χ4n) is 1.36. The van der Waals surface area contributed by atoms with Crippen molar-refractivity contribution in [3.8, 4) is 0 Å². The molecule has 4 heteroatoms. The van der Waals surface area contributed by atoms with Crippen molar-refractivity contribution >= 4 is 27.1 Å². The molecule has 0 saturated carbocycles. The summed E-state index contributed by atoms with van der Waals surface area (Å²) in [4.78, 5) is 22.9. The normalized spacial score (nSPS) is 28.5. The Bertz CT molecular complexity index is 281. The predicted molar refractivity (Wildman–Crippen MR) is 54.2 cm³/mol. The van der Waals surface area contributed by atoms with Gasteiger partial charge < -0.3 is 4.74 Å². The van der Waals surface area contributed by atoms with E-state index in [2.05, 4.69) is 0 Å². The summed E-state index contributed by atoms with van der Waals surface area (Å²) in [7, 11) is -0.187. The highest BCUT2D eigenvalue weighted by Gasteiger charge is 2.27. The van der Waals surface area contributed by atoms with Gasteiger partial charge in [-0.2, -0.15) is 10.5 Å². The summed E-state index contributed by atoms with van der Waals surface area (Å²) in [6.45, 7) is 5.30. The molecule has 1 aliphatic rings. The Labute approximate surface area is 80.4 Å². The molecule has 13 heavy (non-hydrogen) atoms. The highest BCUT2D eigenvalue weighted by Crippen LogP contribution is 2.23. The Morgan fingerprint density at radius 3 is 2.77 bits per heavy atom. The minimum absolute atomic E-state index is 0.0427. The molecule has 0 aromatic carbocycles. The van der Waals surface area contributed by atoms with Crippen molar-refractivity contribution in [3.63, 3.8) is 0 Å². The third-order valence-corrected chi connectivity index (χ3v) is 4.49. The molecular formula is C9H14O3S. The van der Waals surface area contributed by atoms with Gasteiger partial charge in [0.15, 0.2) is 5.78 Å². The Balaban J connectivity index is 3.06. The van der Waals surface area contributed by atoms with E-state index in [9.17, 15) is 9.59 Å². The number of carbonyl (C=O) groups excluding carboxylic acids is 2. The molecule has 0 aliphatic carbocycles. The van der Waals surface area contributed by atoms with E-state index in [1.807, 2.05) is 13.8 Å². The maximum Gasteiger partial charge on any atom is 0.347 e. The summed E-state index contributed by atoms with van der Waals surface area (Å²) in [5.74, 6) is 1.12. The standard InChI is InChI=1S/C9H14O3S/c1-4-13-5-6(2)12-9(11)8(13)7(3)10/h6H,4-5H2,1-3H3/t6-,13?/m1/s1. The van der Waals surface area contributed by atoms with Crippen molar-refractivity contribution in [2.75, 3.05) is 11.5 Å².